The normalized spacial score (nSPS) is 22.3. The van der Waals surface area contributed by atoms with Gasteiger partial charge >= 0.3 is 0 Å². The number of nitrogens with zero attached hydrogens (tertiary/aromatic N) is 2. The van der Waals surface area contributed by atoms with Crippen molar-refractivity contribution in [3.63, 3.8) is 0 Å². The second-order valence-electron chi connectivity index (χ2n) is 7.66. The molecule has 2 aliphatic rings. The van der Waals surface area contributed by atoms with Crippen LogP contribution >= 0.6 is 0 Å². The smallest absolute Gasteiger partial charge is 0.295 e. The number of hydrogen-bond donors (Lipinski definition) is 1. The van der Waals surface area contributed by atoms with E-state index in [0.29, 0.717) is 17.9 Å². The predicted octanol–water partition coefficient (Wildman–Crippen LogP) is 3.20. The summed E-state index contributed by atoms with van der Waals surface area (Å²) >= 11 is 0. The summed E-state index contributed by atoms with van der Waals surface area (Å²) in [5.74, 6) is -1.29. The first-order valence-electron chi connectivity index (χ1n) is 10.2. The minimum atomic E-state index is -0.819. The van der Waals surface area contributed by atoms with Crippen LogP contribution in [0.25, 0.3) is 5.76 Å². The lowest BCUT2D eigenvalue weighted by molar-refractivity contribution is -0.384. The Kier molecular flexibility index (Phi) is 5.91. The maximum atomic E-state index is 13.0. The fraction of sp³-hybridized carbons (Fsp3) is 0.304. The zero-order valence-electron chi connectivity index (χ0n) is 17.4. The number of methoxy groups -OCH3 is 1. The molecular formula is C23H22N2O7. The Hall–Kier alpha value is -3.72. The molecule has 166 valence electrons. The quantitative estimate of drug-likeness (QED) is 0.242. The third kappa shape index (κ3) is 3.94. The summed E-state index contributed by atoms with van der Waals surface area (Å²) in [5.41, 5.74) is 0.634. The lowest BCUT2D eigenvalue weighted by Crippen LogP contribution is -2.36. The lowest BCUT2D eigenvalue weighted by atomic mass is 9.95. The molecule has 1 amide bonds. The van der Waals surface area contributed by atoms with Crippen molar-refractivity contribution in [1.82, 2.24) is 4.90 Å². The Morgan fingerprint density at radius 3 is 2.44 bits per heavy atom. The van der Waals surface area contributed by atoms with E-state index in [0.717, 1.165) is 12.8 Å². The highest BCUT2D eigenvalue weighted by molar-refractivity contribution is 6.46. The van der Waals surface area contributed by atoms with Gasteiger partial charge in [-0.3, -0.25) is 19.7 Å². The molecule has 0 radical (unpaired) electrons. The van der Waals surface area contributed by atoms with Crippen molar-refractivity contribution in [2.24, 2.45) is 0 Å². The highest BCUT2D eigenvalue weighted by atomic mass is 16.6. The Morgan fingerprint density at radius 2 is 1.88 bits per heavy atom. The van der Waals surface area contributed by atoms with Gasteiger partial charge in [0, 0.05) is 30.8 Å². The second kappa shape index (κ2) is 8.80. The summed E-state index contributed by atoms with van der Waals surface area (Å²) in [6, 6.07) is 11.3. The molecule has 2 heterocycles. The van der Waals surface area contributed by atoms with Gasteiger partial charge in [-0.1, -0.05) is 12.1 Å². The van der Waals surface area contributed by atoms with Crippen molar-refractivity contribution in [1.29, 1.82) is 0 Å². The first kappa shape index (κ1) is 21.5. The van der Waals surface area contributed by atoms with E-state index in [-0.39, 0.29) is 35.2 Å². The van der Waals surface area contributed by atoms with Crippen LogP contribution in [0.5, 0.6) is 5.75 Å². The van der Waals surface area contributed by atoms with Crippen molar-refractivity contribution >= 4 is 23.1 Å². The fourth-order valence-electron chi connectivity index (χ4n) is 4.11. The number of nitro benzene ring substituents is 1. The van der Waals surface area contributed by atoms with E-state index in [4.69, 9.17) is 9.47 Å². The lowest BCUT2D eigenvalue weighted by Gasteiger charge is -2.27. The fourth-order valence-corrected chi connectivity index (χ4v) is 4.11. The summed E-state index contributed by atoms with van der Waals surface area (Å²) < 4.78 is 10.9. The molecule has 4 rings (SSSR count). The number of aliphatic hydroxyl groups excluding tert-OH is 1. The Bertz CT molecular complexity index is 1070. The van der Waals surface area contributed by atoms with E-state index >= 15 is 0 Å². The maximum absolute atomic E-state index is 13.0. The van der Waals surface area contributed by atoms with Gasteiger partial charge in [-0.15, -0.1) is 0 Å². The summed E-state index contributed by atoms with van der Waals surface area (Å²) in [4.78, 5) is 37.8. The molecule has 2 fully saturated rings. The van der Waals surface area contributed by atoms with Crippen LogP contribution in [0.1, 0.15) is 30.0 Å². The molecule has 2 aliphatic heterocycles. The molecule has 0 saturated carbocycles. The molecule has 1 N–H and O–H groups in total. The standard InChI is InChI=1S/C23H22N2O7/c1-31-17-10-6-14(7-11-17)20-19(21(26)15-4-8-16(9-5-15)25(29)30)22(27)23(28)24(20)13-18-3-2-12-32-18/h4-11,18,20,26H,2-3,12-13H2,1H3/b21-19-. The van der Waals surface area contributed by atoms with Crippen LogP contribution < -0.4 is 4.74 Å². The van der Waals surface area contributed by atoms with Crippen LogP contribution in [-0.2, 0) is 14.3 Å². The van der Waals surface area contributed by atoms with Gasteiger partial charge in [0.05, 0.1) is 29.8 Å². The topological polar surface area (TPSA) is 119 Å². The minimum Gasteiger partial charge on any atom is -0.507 e. The first-order valence-corrected chi connectivity index (χ1v) is 10.2. The number of likely N-dealkylation sites (tertiary alicyclic amines) is 1. The number of ketones is 1. The highest BCUT2D eigenvalue weighted by Crippen LogP contribution is 2.40. The SMILES string of the molecule is COc1ccc(C2/C(=C(/O)c3ccc([N+](=O)[O-])cc3)C(=O)C(=O)N2CC2CCCO2)cc1. The molecule has 2 aromatic carbocycles. The van der Waals surface area contributed by atoms with Crippen LogP contribution in [0.2, 0.25) is 0 Å². The molecule has 0 bridgehead atoms. The molecular weight excluding hydrogens is 416 g/mol. The number of hydrogen-bond acceptors (Lipinski definition) is 7. The third-order valence-electron chi connectivity index (χ3n) is 5.75. The average molecular weight is 438 g/mol. The Labute approximate surface area is 184 Å². The van der Waals surface area contributed by atoms with Gasteiger partial charge in [0.25, 0.3) is 17.4 Å². The van der Waals surface area contributed by atoms with Crippen LogP contribution in [-0.4, -0.2) is 53.0 Å². The van der Waals surface area contributed by atoms with Gasteiger partial charge in [0.15, 0.2) is 0 Å². The van der Waals surface area contributed by atoms with Gasteiger partial charge < -0.3 is 19.5 Å². The van der Waals surface area contributed by atoms with Crippen LogP contribution in [0, 0.1) is 10.1 Å². The van der Waals surface area contributed by atoms with Crippen molar-refractivity contribution in [3.05, 3.63) is 75.3 Å². The molecule has 2 atom stereocenters. The van der Waals surface area contributed by atoms with E-state index in [2.05, 4.69) is 0 Å². The van der Waals surface area contributed by atoms with Crippen molar-refractivity contribution in [3.8, 4) is 5.75 Å². The molecule has 9 heteroatoms. The van der Waals surface area contributed by atoms with Gasteiger partial charge in [-0.25, -0.2) is 0 Å². The first-order chi connectivity index (χ1) is 15.4. The van der Waals surface area contributed by atoms with E-state index < -0.39 is 22.7 Å². The number of carbonyl (C=O) groups is 2. The molecule has 9 nitrogen and oxygen atoms in total. The summed E-state index contributed by atoms with van der Waals surface area (Å²) in [5, 5.41) is 21.9. The zero-order valence-corrected chi connectivity index (χ0v) is 17.4. The summed E-state index contributed by atoms with van der Waals surface area (Å²) in [7, 11) is 1.53. The number of carbonyl (C=O) groups excluding carboxylic acids is 2. The molecule has 2 saturated heterocycles. The van der Waals surface area contributed by atoms with E-state index in [1.54, 1.807) is 24.3 Å². The zero-order chi connectivity index (χ0) is 22.8. The van der Waals surface area contributed by atoms with Gasteiger partial charge in [0.1, 0.15) is 11.5 Å². The molecule has 2 aromatic rings. The Morgan fingerprint density at radius 1 is 1.19 bits per heavy atom. The van der Waals surface area contributed by atoms with Crippen LogP contribution in [0.3, 0.4) is 0 Å². The average Bonchev–Trinajstić information content (AvgIpc) is 3.41. The summed E-state index contributed by atoms with van der Waals surface area (Å²) in [6.45, 7) is 0.822. The van der Waals surface area contributed by atoms with E-state index in [1.165, 1.54) is 36.3 Å². The Balaban J connectivity index is 1.79. The number of amides is 1. The number of Topliss-reactive ketones (excluding diaryl/α,β-unsaturated/α-hetero) is 1. The van der Waals surface area contributed by atoms with Gasteiger partial charge in [-0.05, 0) is 42.7 Å². The largest absolute Gasteiger partial charge is 0.507 e. The van der Waals surface area contributed by atoms with Crippen molar-refractivity contribution in [2.75, 3.05) is 20.3 Å². The third-order valence-corrected chi connectivity index (χ3v) is 5.75. The highest BCUT2D eigenvalue weighted by Gasteiger charge is 2.47. The minimum absolute atomic E-state index is 0.0629. The van der Waals surface area contributed by atoms with E-state index in [1.807, 2.05) is 0 Å². The molecule has 2 unspecified atom stereocenters. The van der Waals surface area contributed by atoms with Crippen molar-refractivity contribution < 1.29 is 29.1 Å². The molecule has 0 aromatic heterocycles. The number of ether oxygens (including phenoxy) is 2. The van der Waals surface area contributed by atoms with Gasteiger partial charge in [0.2, 0.25) is 0 Å². The van der Waals surface area contributed by atoms with Gasteiger partial charge in [-0.2, -0.15) is 0 Å². The monoisotopic (exact) mass is 438 g/mol. The van der Waals surface area contributed by atoms with Crippen LogP contribution in [0.15, 0.2) is 54.1 Å². The maximum Gasteiger partial charge on any atom is 0.295 e. The molecule has 0 aliphatic carbocycles. The molecule has 32 heavy (non-hydrogen) atoms. The molecule has 0 spiro atoms. The number of aliphatic hydroxyl groups is 1. The second-order valence-corrected chi connectivity index (χ2v) is 7.66. The predicted molar refractivity (Wildman–Crippen MR) is 114 cm³/mol. The van der Waals surface area contributed by atoms with Crippen molar-refractivity contribution in [2.45, 2.75) is 25.0 Å². The number of benzene rings is 2. The number of rotatable bonds is 6. The number of non-ortho nitro benzene ring substituents is 1. The van der Waals surface area contributed by atoms with Crippen LogP contribution in [0.4, 0.5) is 5.69 Å². The summed E-state index contributed by atoms with van der Waals surface area (Å²) in [6.07, 6.45) is 1.47. The van der Waals surface area contributed by atoms with E-state index in [9.17, 15) is 24.8 Å². The number of nitro groups is 1.